The van der Waals surface area contributed by atoms with E-state index in [1.165, 1.54) is 7.05 Å². The van der Waals surface area contributed by atoms with Gasteiger partial charge in [-0.3, -0.25) is 4.79 Å². The molecule has 0 bridgehead atoms. The minimum atomic E-state index is -1.80. The first-order valence-corrected chi connectivity index (χ1v) is 10.8. The fraction of sp³-hybridized carbons (Fsp3) is 0.500. The van der Waals surface area contributed by atoms with Gasteiger partial charge in [-0.2, -0.15) is 0 Å². The first kappa shape index (κ1) is 27.5. The number of carbonyl (C=O) groups is 1. The van der Waals surface area contributed by atoms with Gasteiger partial charge in [-0.05, 0) is 44.0 Å². The fourth-order valence-corrected chi connectivity index (χ4v) is 3.47. The highest BCUT2D eigenvalue weighted by atomic mass is 16.5. The molecule has 4 atom stereocenters. The third-order valence-electron chi connectivity index (χ3n) is 5.67. The standard InChI is InChI=1S/C24H33NO9/c1-12(2)11-33-19-7-6-15-13(3)16(24(32)34-23(15)14(19)4)8-20(29)25(5)9-17(27)21(30)22(31)18(28)10-26/h6-7,17-18,21-22,26-28,30-31H,1,8-11H2,2-5H3/t17-,18-,21-,22+/m1/s1. The number of ether oxygens (including phenoxy) is 1. The number of aliphatic hydroxyl groups excluding tert-OH is 5. The Hall–Kier alpha value is -2.76. The summed E-state index contributed by atoms with van der Waals surface area (Å²) in [6.07, 6.45) is -7.15. The molecule has 1 amide bonds. The molecule has 188 valence electrons. The first-order chi connectivity index (χ1) is 15.9. The molecule has 10 nitrogen and oxygen atoms in total. The Labute approximate surface area is 197 Å². The number of hydrogen-bond acceptors (Lipinski definition) is 9. The Bertz CT molecular complexity index is 1090. The van der Waals surface area contributed by atoms with Gasteiger partial charge >= 0.3 is 5.63 Å². The van der Waals surface area contributed by atoms with Crippen LogP contribution in [0.5, 0.6) is 5.75 Å². The second-order valence-corrected chi connectivity index (χ2v) is 8.55. The van der Waals surface area contributed by atoms with Gasteiger partial charge in [0.05, 0.1) is 18.6 Å². The first-order valence-electron chi connectivity index (χ1n) is 10.8. The largest absolute Gasteiger partial charge is 0.489 e. The molecular weight excluding hydrogens is 446 g/mol. The zero-order valence-electron chi connectivity index (χ0n) is 19.8. The summed E-state index contributed by atoms with van der Waals surface area (Å²) < 4.78 is 11.2. The number of nitrogens with zero attached hydrogens (tertiary/aromatic N) is 1. The van der Waals surface area contributed by atoms with Crippen LogP contribution < -0.4 is 10.4 Å². The number of amides is 1. The molecule has 0 aliphatic heterocycles. The molecule has 0 radical (unpaired) electrons. The van der Waals surface area contributed by atoms with Crippen molar-refractivity contribution in [3.8, 4) is 5.75 Å². The Balaban J connectivity index is 2.21. The summed E-state index contributed by atoms with van der Waals surface area (Å²) in [6.45, 7) is 8.24. The lowest BCUT2D eigenvalue weighted by atomic mass is 10.0. The van der Waals surface area contributed by atoms with E-state index in [-0.39, 0.29) is 18.5 Å². The lowest BCUT2D eigenvalue weighted by Crippen LogP contribution is -2.50. The van der Waals surface area contributed by atoms with Crippen LogP contribution >= 0.6 is 0 Å². The summed E-state index contributed by atoms with van der Waals surface area (Å²) in [5.74, 6) is 0.0268. The highest BCUT2D eigenvalue weighted by molar-refractivity contribution is 5.87. The molecule has 0 spiro atoms. The normalized spacial score (nSPS) is 15.0. The van der Waals surface area contributed by atoms with Crippen molar-refractivity contribution in [2.24, 2.45) is 0 Å². The molecule has 34 heavy (non-hydrogen) atoms. The van der Waals surface area contributed by atoms with Gasteiger partial charge < -0.3 is 39.6 Å². The third kappa shape index (κ3) is 6.22. The lowest BCUT2D eigenvalue weighted by Gasteiger charge is -2.28. The van der Waals surface area contributed by atoms with E-state index in [1.807, 2.05) is 6.92 Å². The van der Waals surface area contributed by atoms with E-state index in [4.69, 9.17) is 14.3 Å². The van der Waals surface area contributed by atoms with Crippen molar-refractivity contribution < 1.29 is 39.5 Å². The Morgan fingerprint density at radius 1 is 1.12 bits per heavy atom. The summed E-state index contributed by atoms with van der Waals surface area (Å²) in [5, 5.41) is 48.7. The van der Waals surface area contributed by atoms with Crippen molar-refractivity contribution in [1.82, 2.24) is 4.90 Å². The van der Waals surface area contributed by atoms with Gasteiger partial charge in [0.2, 0.25) is 5.91 Å². The second-order valence-electron chi connectivity index (χ2n) is 8.55. The highest BCUT2D eigenvalue weighted by Crippen LogP contribution is 2.29. The van der Waals surface area contributed by atoms with Gasteiger partial charge in [0.25, 0.3) is 0 Å². The molecule has 0 saturated carbocycles. The van der Waals surface area contributed by atoms with Crippen molar-refractivity contribution in [3.63, 3.8) is 0 Å². The average Bonchev–Trinajstić information content (AvgIpc) is 2.79. The zero-order valence-corrected chi connectivity index (χ0v) is 19.8. The van der Waals surface area contributed by atoms with E-state index in [9.17, 15) is 30.0 Å². The third-order valence-corrected chi connectivity index (χ3v) is 5.67. The number of aliphatic hydroxyl groups is 5. The molecule has 0 saturated heterocycles. The van der Waals surface area contributed by atoms with Crippen LogP contribution in [0.3, 0.4) is 0 Å². The summed E-state index contributed by atoms with van der Waals surface area (Å²) in [4.78, 5) is 26.5. The van der Waals surface area contributed by atoms with E-state index in [1.54, 1.807) is 26.0 Å². The molecule has 1 heterocycles. The molecule has 1 aromatic heterocycles. The van der Waals surface area contributed by atoms with Crippen LogP contribution in [-0.2, 0) is 11.2 Å². The lowest BCUT2D eigenvalue weighted by molar-refractivity contribution is -0.137. The van der Waals surface area contributed by atoms with E-state index in [0.717, 1.165) is 10.5 Å². The van der Waals surface area contributed by atoms with Crippen LogP contribution in [0.2, 0.25) is 0 Å². The molecule has 1 aromatic carbocycles. The quantitative estimate of drug-likeness (QED) is 0.217. The molecular formula is C24H33NO9. The van der Waals surface area contributed by atoms with Gasteiger partial charge in [0, 0.05) is 24.5 Å². The van der Waals surface area contributed by atoms with Crippen LogP contribution in [0.4, 0.5) is 0 Å². The van der Waals surface area contributed by atoms with Gasteiger partial charge in [0.15, 0.2) is 0 Å². The van der Waals surface area contributed by atoms with E-state index in [0.29, 0.717) is 34.5 Å². The van der Waals surface area contributed by atoms with Crippen LogP contribution in [0, 0.1) is 13.8 Å². The monoisotopic (exact) mass is 479 g/mol. The number of likely N-dealkylation sites (N-methyl/N-ethyl adjacent to an activating group) is 1. The van der Waals surface area contributed by atoms with Gasteiger partial charge in [0.1, 0.15) is 42.4 Å². The average molecular weight is 480 g/mol. The molecule has 0 fully saturated rings. The number of carbonyl (C=O) groups excluding carboxylic acids is 1. The fourth-order valence-electron chi connectivity index (χ4n) is 3.47. The van der Waals surface area contributed by atoms with Crippen LogP contribution in [0.1, 0.15) is 23.6 Å². The molecule has 0 unspecified atom stereocenters. The van der Waals surface area contributed by atoms with E-state index < -0.39 is 42.6 Å². The second kappa shape index (κ2) is 11.6. The maximum absolute atomic E-state index is 12.7. The molecule has 2 rings (SSSR count). The maximum atomic E-state index is 12.7. The number of aryl methyl sites for hydroxylation is 2. The summed E-state index contributed by atoms with van der Waals surface area (Å²) in [5.41, 5.74) is 1.91. The van der Waals surface area contributed by atoms with Crippen molar-refractivity contribution in [2.45, 2.75) is 51.6 Å². The van der Waals surface area contributed by atoms with Crippen LogP contribution in [0.25, 0.3) is 11.0 Å². The molecule has 10 heteroatoms. The van der Waals surface area contributed by atoms with Crippen molar-refractivity contribution in [2.75, 3.05) is 26.8 Å². The maximum Gasteiger partial charge on any atom is 0.340 e. The Kier molecular flexibility index (Phi) is 9.37. The SMILES string of the molecule is C=C(C)COc1ccc2c(C)c(CC(=O)N(C)C[C@@H](O)[C@@H](O)[C@@H](O)[C@H](O)CO)c(=O)oc2c1C. The van der Waals surface area contributed by atoms with E-state index >= 15 is 0 Å². The number of fused-ring (bicyclic) bond motifs is 1. The number of hydrogen-bond donors (Lipinski definition) is 5. The molecule has 0 aliphatic carbocycles. The zero-order chi connectivity index (χ0) is 25.7. The minimum absolute atomic E-state index is 0.158. The minimum Gasteiger partial charge on any atom is -0.489 e. The summed E-state index contributed by atoms with van der Waals surface area (Å²) in [6, 6.07) is 3.51. The predicted octanol–water partition coefficient (Wildman–Crippen LogP) is -0.198. The van der Waals surface area contributed by atoms with Gasteiger partial charge in [-0.15, -0.1) is 0 Å². The molecule has 0 aliphatic rings. The molecule has 5 N–H and O–H groups in total. The van der Waals surface area contributed by atoms with Crippen molar-refractivity contribution in [3.05, 3.63) is 51.4 Å². The molecule has 2 aromatic rings. The van der Waals surface area contributed by atoms with E-state index in [2.05, 4.69) is 6.58 Å². The van der Waals surface area contributed by atoms with Gasteiger partial charge in [-0.1, -0.05) is 6.58 Å². The summed E-state index contributed by atoms with van der Waals surface area (Å²) >= 11 is 0. The predicted molar refractivity (Wildman–Crippen MR) is 125 cm³/mol. The number of benzene rings is 1. The van der Waals surface area contributed by atoms with Gasteiger partial charge in [-0.25, -0.2) is 4.79 Å². The Morgan fingerprint density at radius 3 is 2.32 bits per heavy atom. The topological polar surface area (TPSA) is 161 Å². The van der Waals surface area contributed by atoms with Crippen LogP contribution in [-0.4, -0.2) is 87.6 Å². The van der Waals surface area contributed by atoms with Crippen LogP contribution in [0.15, 0.2) is 33.5 Å². The summed E-state index contributed by atoms with van der Waals surface area (Å²) in [7, 11) is 1.36. The smallest absolute Gasteiger partial charge is 0.340 e. The van der Waals surface area contributed by atoms with Crippen molar-refractivity contribution in [1.29, 1.82) is 0 Å². The Morgan fingerprint density at radius 2 is 1.74 bits per heavy atom. The number of rotatable bonds is 11. The van der Waals surface area contributed by atoms with Crippen molar-refractivity contribution >= 4 is 16.9 Å². The highest BCUT2D eigenvalue weighted by Gasteiger charge is 2.31.